The molecule has 1 N–H and O–H groups in total. The second-order valence-electron chi connectivity index (χ2n) is 3.91. The summed E-state index contributed by atoms with van der Waals surface area (Å²) in [5.74, 6) is 0. The first kappa shape index (κ1) is 13.8. The minimum Gasteiger partial charge on any atom is -0.381 e. The standard InChI is InChI=1S/C13H10BrClN2O2/c14-10-3-1-2-9(6-10)8-16-11-4-5-13(17(18)19)12(15)7-11/h1-7,16H,8H2. The monoisotopic (exact) mass is 340 g/mol. The number of nitrogens with zero attached hydrogens (tertiary/aromatic N) is 1. The maximum absolute atomic E-state index is 10.6. The van der Waals surface area contributed by atoms with Gasteiger partial charge in [-0.25, -0.2) is 0 Å². The minimum absolute atomic E-state index is 0.0883. The van der Waals surface area contributed by atoms with Gasteiger partial charge in [0.15, 0.2) is 0 Å². The molecule has 0 radical (unpaired) electrons. The number of hydrogen-bond donors (Lipinski definition) is 1. The van der Waals surface area contributed by atoms with Gasteiger partial charge in [0.1, 0.15) is 5.02 Å². The number of rotatable bonds is 4. The fourth-order valence-corrected chi connectivity index (χ4v) is 2.31. The Morgan fingerprint density at radius 3 is 2.68 bits per heavy atom. The Bertz CT molecular complexity index is 619. The molecule has 0 saturated heterocycles. The number of nitro groups is 1. The lowest BCUT2D eigenvalue weighted by Gasteiger charge is -2.07. The second kappa shape index (κ2) is 6.04. The van der Waals surface area contributed by atoms with Crippen LogP contribution in [0.3, 0.4) is 0 Å². The van der Waals surface area contributed by atoms with Gasteiger partial charge in [-0.15, -0.1) is 0 Å². The lowest BCUT2D eigenvalue weighted by atomic mass is 10.2. The molecule has 6 heteroatoms. The van der Waals surface area contributed by atoms with Crippen LogP contribution in [0, 0.1) is 10.1 Å². The predicted octanol–water partition coefficient (Wildman–Crippen LogP) is 4.62. The van der Waals surface area contributed by atoms with E-state index in [1.54, 1.807) is 12.1 Å². The van der Waals surface area contributed by atoms with Crippen LogP contribution in [0.2, 0.25) is 5.02 Å². The summed E-state index contributed by atoms with van der Waals surface area (Å²) in [6.45, 7) is 0.619. The minimum atomic E-state index is -0.500. The molecule has 0 heterocycles. The molecule has 0 fully saturated rings. The fraction of sp³-hybridized carbons (Fsp3) is 0.0769. The molecule has 0 amide bonds. The average molecular weight is 342 g/mol. The molecule has 0 spiro atoms. The highest BCUT2D eigenvalue weighted by Crippen LogP contribution is 2.27. The molecule has 2 aromatic carbocycles. The van der Waals surface area contributed by atoms with Crippen molar-refractivity contribution >= 4 is 38.9 Å². The van der Waals surface area contributed by atoms with Crippen molar-refractivity contribution in [3.63, 3.8) is 0 Å². The van der Waals surface area contributed by atoms with Gasteiger partial charge in [0.25, 0.3) is 5.69 Å². The first-order valence-corrected chi connectivity index (χ1v) is 6.65. The molecule has 0 aliphatic heterocycles. The Labute approximate surface area is 123 Å². The van der Waals surface area contributed by atoms with Gasteiger partial charge in [0.05, 0.1) is 4.92 Å². The van der Waals surface area contributed by atoms with E-state index < -0.39 is 4.92 Å². The molecule has 0 aliphatic carbocycles. The van der Waals surface area contributed by atoms with Gasteiger partial charge < -0.3 is 5.32 Å². The highest BCUT2D eigenvalue weighted by Gasteiger charge is 2.11. The van der Waals surface area contributed by atoms with E-state index in [-0.39, 0.29) is 10.7 Å². The zero-order chi connectivity index (χ0) is 13.8. The first-order valence-electron chi connectivity index (χ1n) is 5.48. The zero-order valence-electron chi connectivity index (χ0n) is 9.77. The van der Waals surface area contributed by atoms with Crippen molar-refractivity contribution < 1.29 is 4.92 Å². The molecule has 98 valence electrons. The summed E-state index contributed by atoms with van der Waals surface area (Å²) in [7, 11) is 0. The predicted molar refractivity (Wildman–Crippen MR) is 79.6 cm³/mol. The van der Waals surface area contributed by atoms with E-state index in [9.17, 15) is 10.1 Å². The van der Waals surface area contributed by atoms with Crippen LogP contribution in [-0.2, 0) is 6.54 Å². The highest BCUT2D eigenvalue weighted by atomic mass is 79.9. The van der Waals surface area contributed by atoms with Gasteiger partial charge in [0.2, 0.25) is 0 Å². The molecule has 0 unspecified atom stereocenters. The summed E-state index contributed by atoms with van der Waals surface area (Å²) in [5.41, 5.74) is 1.76. The van der Waals surface area contributed by atoms with E-state index in [2.05, 4.69) is 21.2 Å². The molecular formula is C13H10BrClN2O2. The zero-order valence-corrected chi connectivity index (χ0v) is 12.1. The summed E-state index contributed by atoms with van der Waals surface area (Å²) >= 11 is 9.24. The van der Waals surface area contributed by atoms with Crippen molar-refractivity contribution in [1.82, 2.24) is 0 Å². The van der Waals surface area contributed by atoms with Crippen LogP contribution in [0.1, 0.15) is 5.56 Å². The molecule has 0 aromatic heterocycles. The number of nitrogens with one attached hydrogen (secondary N) is 1. The summed E-state index contributed by atoms with van der Waals surface area (Å²) in [5, 5.41) is 13.9. The lowest BCUT2D eigenvalue weighted by molar-refractivity contribution is -0.384. The molecule has 0 aliphatic rings. The van der Waals surface area contributed by atoms with Crippen LogP contribution in [0.4, 0.5) is 11.4 Å². The van der Waals surface area contributed by atoms with Crippen LogP contribution in [0.5, 0.6) is 0 Å². The van der Waals surface area contributed by atoms with Crippen molar-refractivity contribution in [3.8, 4) is 0 Å². The van der Waals surface area contributed by atoms with Crippen LogP contribution >= 0.6 is 27.5 Å². The molecule has 2 rings (SSSR count). The number of halogens is 2. The Morgan fingerprint density at radius 2 is 2.05 bits per heavy atom. The third-order valence-corrected chi connectivity index (χ3v) is 3.33. The summed E-state index contributed by atoms with van der Waals surface area (Å²) in [6, 6.07) is 12.5. The number of anilines is 1. The molecular weight excluding hydrogens is 332 g/mol. The Balaban J connectivity index is 2.08. The van der Waals surface area contributed by atoms with Crippen molar-refractivity contribution in [3.05, 3.63) is 67.6 Å². The smallest absolute Gasteiger partial charge is 0.288 e. The summed E-state index contributed by atoms with van der Waals surface area (Å²) in [4.78, 5) is 10.1. The van der Waals surface area contributed by atoms with Crippen LogP contribution < -0.4 is 5.32 Å². The van der Waals surface area contributed by atoms with Crippen LogP contribution in [-0.4, -0.2) is 4.92 Å². The Hall–Kier alpha value is -1.59. The maximum Gasteiger partial charge on any atom is 0.288 e. The van der Waals surface area contributed by atoms with Gasteiger partial charge in [-0.05, 0) is 29.8 Å². The van der Waals surface area contributed by atoms with Gasteiger partial charge in [0, 0.05) is 22.8 Å². The quantitative estimate of drug-likeness (QED) is 0.652. The van der Waals surface area contributed by atoms with Crippen molar-refractivity contribution in [2.45, 2.75) is 6.54 Å². The van der Waals surface area contributed by atoms with E-state index in [0.717, 1.165) is 15.7 Å². The Kier molecular flexibility index (Phi) is 4.39. The summed E-state index contributed by atoms with van der Waals surface area (Å²) in [6.07, 6.45) is 0. The lowest BCUT2D eigenvalue weighted by Crippen LogP contribution is -1.99. The first-order chi connectivity index (χ1) is 9.06. The van der Waals surface area contributed by atoms with Crippen molar-refractivity contribution in [2.24, 2.45) is 0 Å². The SMILES string of the molecule is O=[N+]([O-])c1ccc(NCc2cccc(Br)c2)cc1Cl. The summed E-state index contributed by atoms with van der Waals surface area (Å²) < 4.78 is 1.01. The number of benzene rings is 2. The fourth-order valence-electron chi connectivity index (χ4n) is 1.62. The molecule has 19 heavy (non-hydrogen) atoms. The topological polar surface area (TPSA) is 55.2 Å². The van der Waals surface area contributed by atoms with E-state index in [1.165, 1.54) is 6.07 Å². The number of hydrogen-bond acceptors (Lipinski definition) is 3. The van der Waals surface area contributed by atoms with Gasteiger partial charge >= 0.3 is 0 Å². The van der Waals surface area contributed by atoms with Crippen molar-refractivity contribution in [2.75, 3.05) is 5.32 Å². The molecule has 2 aromatic rings. The van der Waals surface area contributed by atoms with E-state index in [4.69, 9.17) is 11.6 Å². The normalized spacial score (nSPS) is 10.2. The van der Waals surface area contributed by atoms with Crippen molar-refractivity contribution in [1.29, 1.82) is 0 Å². The maximum atomic E-state index is 10.6. The van der Waals surface area contributed by atoms with Crippen LogP contribution in [0.15, 0.2) is 46.9 Å². The molecule has 4 nitrogen and oxygen atoms in total. The second-order valence-corrected chi connectivity index (χ2v) is 5.23. The molecule has 0 atom stereocenters. The van der Waals surface area contributed by atoms with Gasteiger partial charge in [-0.1, -0.05) is 39.7 Å². The third kappa shape index (κ3) is 3.68. The van der Waals surface area contributed by atoms with Gasteiger partial charge in [-0.3, -0.25) is 10.1 Å². The van der Waals surface area contributed by atoms with E-state index in [1.807, 2.05) is 24.3 Å². The molecule has 0 saturated carbocycles. The number of nitro benzene ring substituents is 1. The Morgan fingerprint density at radius 1 is 1.26 bits per heavy atom. The average Bonchev–Trinajstić information content (AvgIpc) is 2.36. The third-order valence-electron chi connectivity index (χ3n) is 2.53. The largest absolute Gasteiger partial charge is 0.381 e. The van der Waals surface area contributed by atoms with E-state index >= 15 is 0 Å². The molecule has 0 bridgehead atoms. The highest BCUT2D eigenvalue weighted by molar-refractivity contribution is 9.10. The van der Waals surface area contributed by atoms with Gasteiger partial charge in [-0.2, -0.15) is 0 Å². The van der Waals surface area contributed by atoms with Crippen LogP contribution in [0.25, 0.3) is 0 Å². The van der Waals surface area contributed by atoms with E-state index in [0.29, 0.717) is 6.54 Å².